The second kappa shape index (κ2) is 11.9. The van der Waals surface area contributed by atoms with Crippen LogP contribution in [0, 0.1) is 23.1 Å². The molecule has 4 aliphatic rings. The summed E-state index contributed by atoms with van der Waals surface area (Å²) in [6, 6.07) is 8.66. The first-order valence-corrected chi connectivity index (χ1v) is 14.8. The fourth-order valence-corrected chi connectivity index (χ4v) is 6.28. The molecule has 6 rings (SSSR count). The number of hydrogen-bond donors (Lipinski definition) is 3. The number of urea groups is 1. The number of fused-ring (bicyclic) bond motifs is 1. The molecule has 11 heteroatoms. The van der Waals surface area contributed by atoms with Crippen LogP contribution >= 0.6 is 11.6 Å². The molecule has 43 heavy (non-hydrogen) atoms. The van der Waals surface area contributed by atoms with E-state index in [4.69, 9.17) is 16.3 Å². The van der Waals surface area contributed by atoms with E-state index < -0.39 is 29.3 Å². The Hall–Kier alpha value is -4.04. The van der Waals surface area contributed by atoms with Gasteiger partial charge in [0, 0.05) is 31.8 Å². The van der Waals surface area contributed by atoms with Gasteiger partial charge >= 0.3 is 6.03 Å². The second-order valence-electron chi connectivity index (χ2n) is 11.5. The number of carbonyl (C=O) groups is 2. The van der Waals surface area contributed by atoms with Gasteiger partial charge in [0.25, 0.3) is 0 Å². The number of rotatable bonds is 8. The summed E-state index contributed by atoms with van der Waals surface area (Å²) in [6.45, 7) is 0.187. The van der Waals surface area contributed by atoms with Gasteiger partial charge < -0.3 is 15.0 Å². The number of halogens is 2. The van der Waals surface area contributed by atoms with Crippen LogP contribution in [0.5, 0.6) is 0 Å². The molecule has 3 amide bonds. The molecule has 0 bridgehead atoms. The van der Waals surface area contributed by atoms with Gasteiger partial charge in [-0.3, -0.25) is 15.4 Å². The normalized spacial score (nSPS) is 25.9. The maximum Gasteiger partial charge on any atom is 0.323 e. The van der Waals surface area contributed by atoms with E-state index in [0.29, 0.717) is 16.5 Å². The summed E-state index contributed by atoms with van der Waals surface area (Å²) in [5.74, 6) is -0.120. The molecule has 2 aromatic rings. The number of anilines is 2. The van der Waals surface area contributed by atoms with Gasteiger partial charge in [-0.15, -0.1) is 0 Å². The second-order valence-corrected chi connectivity index (χ2v) is 11.9. The van der Waals surface area contributed by atoms with Crippen molar-refractivity contribution in [1.82, 2.24) is 15.2 Å². The molecule has 3 heterocycles. The number of hydrogen-bond acceptors (Lipinski definition) is 6. The van der Waals surface area contributed by atoms with Crippen LogP contribution in [0.1, 0.15) is 37.7 Å². The van der Waals surface area contributed by atoms with Crippen molar-refractivity contribution < 1.29 is 18.7 Å². The van der Waals surface area contributed by atoms with E-state index >= 15 is 4.39 Å². The standard InChI is InChI=1S/C32H32ClFN6O3/c1-43-23-15-28(40(18-23)31(42)38-29-10-8-22(33)17-36-29)30(41)37-27-14-21(7-9-25(27)34)32(12-11-19-5-6-19)24-4-2-3-20(16-35)13-26(24)39-32/h2-4,7-10,13-14,17,19,23,26,28,39H,5-6,11-12,15,18H2,1H3,(H,37,41)(H,36,38,42)/t23-,26-,28-,32?/m1/s1. The molecule has 1 aromatic carbocycles. The average Bonchev–Trinajstić information content (AvgIpc) is 3.75. The minimum absolute atomic E-state index is 0.0390. The highest BCUT2D eigenvalue weighted by atomic mass is 35.5. The number of nitrogens with zero attached hydrogens (tertiary/aromatic N) is 3. The monoisotopic (exact) mass is 602 g/mol. The fraction of sp³-hybridized carbons (Fsp3) is 0.375. The summed E-state index contributed by atoms with van der Waals surface area (Å²) < 4.78 is 20.7. The molecule has 2 aliphatic heterocycles. The number of carbonyl (C=O) groups excluding carboxylic acids is 2. The van der Waals surface area contributed by atoms with Gasteiger partial charge in [-0.1, -0.05) is 42.7 Å². The predicted molar refractivity (Wildman–Crippen MR) is 161 cm³/mol. The zero-order valence-electron chi connectivity index (χ0n) is 23.6. The average molecular weight is 603 g/mol. The predicted octanol–water partition coefficient (Wildman–Crippen LogP) is 5.44. The minimum Gasteiger partial charge on any atom is -0.380 e. The van der Waals surface area contributed by atoms with Crippen LogP contribution in [0.25, 0.3) is 0 Å². The van der Waals surface area contributed by atoms with Crippen molar-refractivity contribution in [2.75, 3.05) is 24.3 Å². The van der Waals surface area contributed by atoms with Gasteiger partial charge in [0.05, 0.1) is 34.5 Å². The number of amides is 3. The Balaban J connectivity index is 1.24. The van der Waals surface area contributed by atoms with E-state index in [1.807, 2.05) is 18.2 Å². The first kappa shape index (κ1) is 29.1. The number of methoxy groups -OCH3 is 1. The molecule has 0 spiro atoms. The highest BCUT2D eigenvalue weighted by Gasteiger charge is 2.50. The Morgan fingerprint density at radius 3 is 2.84 bits per heavy atom. The molecule has 1 unspecified atom stereocenters. The van der Waals surface area contributed by atoms with E-state index in [2.05, 4.69) is 27.0 Å². The number of aromatic nitrogens is 1. The molecule has 2 saturated heterocycles. The van der Waals surface area contributed by atoms with Gasteiger partial charge in [0.1, 0.15) is 17.7 Å². The van der Waals surface area contributed by atoms with Crippen molar-refractivity contribution >= 4 is 35.0 Å². The first-order valence-electron chi connectivity index (χ1n) is 14.4. The number of pyridine rings is 1. The number of allylic oxidation sites excluding steroid dienone is 4. The van der Waals surface area contributed by atoms with Crippen molar-refractivity contribution in [2.24, 2.45) is 5.92 Å². The van der Waals surface area contributed by atoms with Crippen LogP contribution in [-0.4, -0.2) is 53.7 Å². The summed E-state index contributed by atoms with van der Waals surface area (Å²) >= 11 is 5.90. The Morgan fingerprint density at radius 1 is 1.28 bits per heavy atom. The van der Waals surface area contributed by atoms with Crippen molar-refractivity contribution in [3.05, 3.63) is 88.4 Å². The van der Waals surface area contributed by atoms with Gasteiger partial charge in [0.2, 0.25) is 5.91 Å². The Labute approximate surface area is 254 Å². The number of nitrogens with one attached hydrogen (secondary N) is 3. The number of ether oxygens (including phenoxy) is 1. The van der Waals surface area contributed by atoms with Crippen molar-refractivity contribution in [2.45, 2.75) is 55.8 Å². The van der Waals surface area contributed by atoms with E-state index in [1.54, 1.807) is 30.3 Å². The topological polar surface area (TPSA) is 119 Å². The largest absolute Gasteiger partial charge is 0.380 e. The fourth-order valence-electron chi connectivity index (χ4n) is 6.17. The maximum atomic E-state index is 15.2. The molecule has 3 N–H and O–H groups in total. The number of likely N-dealkylation sites (tertiary alicyclic amines) is 1. The summed E-state index contributed by atoms with van der Waals surface area (Å²) in [4.78, 5) is 32.2. The molecule has 4 atom stereocenters. The summed E-state index contributed by atoms with van der Waals surface area (Å²) in [7, 11) is 1.52. The molecular weight excluding hydrogens is 571 g/mol. The lowest BCUT2D eigenvalue weighted by Crippen LogP contribution is -2.62. The molecule has 9 nitrogen and oxygen atoms in total. The molecule has 0 radical (unpaired) electrons. The summed E-state index contributed by atoms with van der Waals surface area (Å²) in [6.07, 6.45) is 13.2. The van der Waals surface area contributed by atoms with E-state index in [0.717, 1.165) is 24.0 Å². The van der Waals surface area contributed by atoms with Crippen molar-refractivity contribution in [3.63, 3.8) is 0 Å². The maximum absolute atomic E-state index is 15.2. The lowest BCUT2D eigenvalue weighted by atomic mass is 9.68. The van der Waals surface area contributed by atoms with Crippen LogP contribution in [0.4, 0.5) is 20.7 Å². The van der Waals surface area contributed by atoms with Crippen LogP contribution in [-0.2, 0) is 15.1 Å². The molecule has 222 valence electrons. The van der Waals surface area contributed by atoms with Gasteiger partial charge in [-0.2, -0.15) is 5.26 Å². The van der Waals surface area contributed by atoms with Crippen LogP contribution in [0.15, 0.2) is 72.0 Å². The minimum atomic E-state index is -0.889. The highest BCUT2D eigenvalue weighted by molar-refractivity contribution is 6.30. The van der Waals surface area contributed by atoms with Crippen molar-refractivity contribution in [3.8, 4) is 6.07 Å². The van der Waals surface area contributed by atoms with Crippen LogP contribution in [0.2, 0.25) is 5.02 Å². The lowest BCUT2D eigenvalue weighted by Gasteiger charge is -2.52. The highest BCUT2D eigenvalue weighted by Crippen LogP contribution is 2.49. The zero-order chi connectivity index (χ0) is 30.1. The molecule has 2 aliphatic carbocycles. The van der Waals surface area contributed by atoms with Gasteiger partial charge in [-0.05, 0) is 66.3 Å². The third kappa shape index (κ3) is 5.93. The Bertz CT molecular complexity index is 1560. The van der Waals surface area contributed by atoms with Gasteiger partial charge in [-0.25, -0.2) is 14.2 Å². The lowest BCUT2D eigenvalue weighted by molar-refractivity contribution is -0.119. The first-order chi connectivity index (χ1) is 20.8. The third-order valence-electron chi connectivity index (χ3n) is 8.72. The third-order valence-corrected chi connectivity index (χ3v) is 8.94. The number of nitriles is 1. The zero-order valence-corrected chi connectivity index (χ0v) is 24.4. The summed E-state index contributed by atoms with van der Waals surface area (Å²) in [5.41, 5.74) is 2.02. The Morgan fingerprint density at radius 2 is 2.12 bits per heavy atom. The number of benzene rings is 1. The molecular formula is C32H32ClFN6O3. The SMILES string of the molecule is CO[C@@H]1C[C@H](C(=O)Nc2cc(C3(CCC4CC4)N[C@@H]4C=C(C#N)C=CC=C43)ccc2F)N(C(=O)Nc2ccc(Cl)cn2)C1. The van der Waals surface area contributed by atoms with Crippen LogP contribution in [0.3, 0.4) is 0 Å². The molecule has 1 aromatic heterocycles. The quantitative estimate of drug-likeness (QED) is 0.370. The molecule has 1 saturated carbocycles. The van der Waals surface area contributed by atoms with Crippen LogP contribution < -0.4 is 16.0 Å². The summed E-state index contributed by atoms with van der Waals surface area (Å²) in [5, 5.41) is 19.0. The van der Waals surface area contributed by atoms with Crippen molar-refractivity contribution in [1.29, 1.82) is 5.26 Å². The van der Waals surface area contributed by atoms with E-state index in [1.165, 1.54) is 37.1 Å². The van der Waals surface area contributed by atoms with E-state index in [9.17, 15) is 14.9 Å². The van der Waals surface area contributed by atoms with E-state index in [-0.39, 0.29) is 36.6 Å². The van der Waals surface area contributed by atoms with Gasteiger partial charge in [0.15, 0.2) is 0 Å². The smallest absolute Gasteiger partial charge is 0.323 e. The molecule has 3 fully saturated rings. The Kier molecular flexibility index (Phi) is 8.05.